The predicted octanol–water partition coefficient (Wildman–Crippen LogP) is 0.0187. The third kappa shape index (κ3) is 3.96. The van der Waals surface area contributed by atoms with E-state index in [4.69, 9.17) is 24.1 Å². The average Bonchev–Trinajstić information content (AvgIpc) is 2.26. The molecule has 0 aromatic rings. The molecular weight excluding hydrogens is 204 g/mol. The molecule has 6 heteroatoms. The number of methoxy groups -OCH3 is 3. The van der Waals surface area contributed by atoms with Crippen LogP contribution in [0.25, 0.3) is 0 Å². The summed E-state index contributed by atoms with van der Waals surface area (Å²) in [6, 6.07) is 0. The first-order chi connectivity index (χ1) is 7.05. The number of carbonyl (C=O) groups excluding carboxylic acids is 1. The molecule has 1 N–H and O–H groups in total. The zero-order valence-electron chi connectivity index (χ0n) is 9.11. The van der Waals surface area contributed by atoms with Gasteiger partial charge in [-0.3, -0.25) is 14.2 Å². The Kier molecular flexibility index (Phi) is 6.11. The SMILES string of the molecule is C=C(CCO)C(=O)OC(OC)(OC)OC. The van der Waals surface area contributed by atoms with Gasteiger partial charge in [-0.1, -0.05) is 6.58 Å². The molecule has 0 aliphatic heterocycles. The van der Waals surface area contributed by atoms with Gasteiger partial charge in [0.1, 0.15) is 0 Å². The highest BCUT2D eigenvalue weighted by Crippen LogP contribution is 2.16. The Morgan fingerprint density at radius 3 is 2.07 bits per heavy atom. The number of carbonyl (C=O) groups is 1. The van der Waals surface area contributed by atoms with Crippen LogP contribution in [0.5, 0.6) is 0 Å². The van der Waals surface area contributed by atoms with Crippen LogP contribution in [-0.2, 0) is 23.7 Å². The topological polar surface area (TPSA) is 74.2 Å². The summed E-state index contributed by atoms with van der Waals surface area (Å²) in [6.07, 6.45) is -1.75. The van der Waals surface area contributed by atoms with Gasteiger partial charge in [0.05, 0.1) is 0 Å². The van der Waals surface area contributed by atoms with E-state index in [2.05, 4.69) is 6.58 Å². The molecule has 0 heterocycles. The van der Waals surface area contributed by atoms with E-state index >= 15 is 0 Å². The second kappa shape index (κ2) is 6.52. The van der Waals surface area contributed by atoms with E-state index in [1.165, 1.54) is 21.3 Å². The monoisotopic (exact) mass is 220 g/mol. The first kappa shape index (κ1) is 14.1. The van der Waals surface area contributed by atoms with Gasteiger partial charge >= 0.3 is 12.1 Å². The summed E-state index contributed by atoms with van der Waals surface area (Å²) in [4.78, 5) is 11.4. The Balaban J connectivity index is 4.41. The maximum Gasteiger partial charge on any atom is 0.462 e. The smallest absolute Gasteiger partial charge is 0.396 e. The van der Waals surface area contributed by atoms with Crippen LogP contribution in [0.1, 0.15) is 6.42 Å². The van der Waals surface area contributed by atoms with E-state index in [0.29, 0.717) is 0 Å². The number of aliphatic hydroxyl groups excluding tert-OH is 1. The van der Waals surface area contributed by atoms with E-state index in [1.807, 2.05) is 0 Å². The summed E-state index contributed by atoms with van der Waals surface area (Å²) in [7, 11) is 3.78. The molecule has 0 amide bonds. The van der Waals surface area contributed by atoms with Crippen LogP contribution in [-0.4, -0.2) is 45.2 Å². The molecule has 0 aromatic carbocycles. The van der Waals surface area contributed by atoms with Crippen molar-refractivity contribution in [3.63, 3.8) is 0 Å². The summed E-state index contributed by atoms with van der Waals surface area (Å²) in [5, 5.41) is 8.59. The fourth-order valence-corrected chi connectivity index (χ4v) is 0.798. The average molecular weight is 220 g/mol. The Bertz CT molecular complexity index is 212. The fraction of sp³-hybridized carbons (Fsp3) is 0.667. The number of hydrogen-bond acceptors (Lipinski definition) is 6. The molecule has 0 aliphatic rings. The first-order valence-electron chi connectivity index (χ1n) is 4.22. The highest BCUT2D eigenvalue weighted by Gasteiger charge is 2.36. The van der Waals surface area contributed by atoms with Crippen molar-refractivity contribution in [2.75, 3.05) is 27.9 Å². The van der Waals surface area contributed by atoms with E-state index in [0.717, 1.165) is 0 Å². The van der Waals surface area contributed by atoms with Crippen LogP contribution in [0.2, 0.25) is 0 Å². The standard InChI is InChI=1S/C9H16O6/c1-7(5-6-10)8(11)15-9(12-2,13-3)14-4/h10H,1,5-6H2,2-4H3. The molecule has 0 radical (unpaired) electrons. The van der Waals surface area contributed by atoms with Gasteiger partial charge in [0, 0.05) is 39.9 Å². The summed E-state index contributed by atoms with van der Waals surface area (Å²) in [5.74, 6) is -0.755. The van der Waals surface area contributed by atoms with Crippen molar-refractivity contribution in [2.24, 2.45) is 0 Å². The number of hydrogen-bond donors (Lipinski definition) is 1. The lowest BCUT2D eigenvalue weighted by Crippen LogP contribution is -2.41. The summed E-state index contributed by atoms with van der Waals surface area (Å²) in [5.41, 5.74) is 0.105. The molecule has 0 atom stereocenters. The zero-order chi connectivity index (χ0) is 11.9. The van der Waals surface area contributed by atoms with Crippen molar-refractivity contribution in [1.82, 2.24) is 0 Å². The van der Waals surface area contributed by atoms with Crippen molar-refractivity contribution in [3.8, 4) is 0 Å². The van der Waals surface area contributed by atoms with Crippen LogP contribution >= 0.6 is 0 Å². The van der Waals surface area contributed by atoms with Crippen LogP contribution < -0.4 is 0 Å². The second-order valence-corrected chi connectivity index (χ2v) is 2.58. The molecule has 0 unspecified atom stereocenters. The molecule has 15 heavy (non-hydrogen) atoms. The number of ether oxygens (including phenoxy) is 4. The molecule has 6 nitrogen and oxygen atoms in total. The van der Waals surface area contributed by atoms with Gasteiger partial charge in [-0.25, -0.2) is 4.79 Å². The second-order valence-electron chi connectivity index (χ2n) is 2.58. The van der Waals surface area contributed by atoms with Gasteiger partial charge < -0.3 is 9.84 Å². The molecule has 88 valence electrons. The van der Waals surface area contributed by atoms with Crippen LogP contribution in [0.15, 0.2) is 12.2 Å². The number of aliphatic hydroxyl groups is 1. The lowest BCUT2D eigenvalue weighted by atomic mass is 10.2. The lowest BCUT2D eigenvalue weighted by molar-refractivity contribution is -0.461. The Hall–Kier alpha value is -0.950. The minimum Gasteiger partial charge on any atom is -0.396 e. The Morgan fingerprint density at radius 1 is 1.27 bits per heavy atom. The highest BCUT2D eigenvalue weighted by molar-refractivity contribution is 5.87. The molecule has 0 aliphatic carbocycles. The highest BCUT2D eigenvalue weighted by atomic mass is 17.0. The summed E-state index contributed by atoms with van der Waals surface area (Å²) >= 11 is 0. The van der Waals surface area contributed by atoms with Gasteiger partial charge in [0.2, 0.25) is 0 Å². The van der Waals surface area contributed by atoms with Crippen molar-refractivity contribution in [3.05, 3.63) is 12.2 Å². The van der Waals surface area contributed by atoms with Gasteiger partial charge in [0.15, 0.2) is 0 Å². The van der Waals surface area contributed by atoms with E-state index in [1.54, 1.807) is 0 Å². The van der Waals surface area contributed by atoms with Crippen molar-refractivity contribution < 1.29 is 28.8 Å². The molecule has 0 spiro atoms. The van der Waals surface area contributed by atoms with Crippen molar-refractivity contribution in [2.45, 2.75) is 12.6 Å². The van der Waals surface area contributed by atoms with E-state index in [9.17, 15) is 4.79 Å². The molecular formula is C9H16O6. The van der Waals surface area contributed by atoms with Crippen molar-refractivity contribution in [1.29, 1.82) is 0 Å². The van der Waals surface area contributed by atoms with Crippen LogP contribution in [0.3, 0.4) is 0 Å². The largest absolute Gasteiger partial charge is 0.462 e. The fourth-order valence-electron chi connectivity index (χ4n) is 0.798. The quantitative estimate of drug-likeness (QED) is 0.370. The minimum absolute atomic E-state index is 0.105. The normalized spacial score (nSPS) is 11.2. The first-order valence-corrected chi connectivity index (χ1v) is 4.22. The molecule has 0 fully saturated rings. The minimum atomic E-state index is -1.87. The molecule has 0 saturated heterocycles. The maximum absolute atomic E-state index is 11.4. The zero-order valence-corrected chi connectivity index (χ0v) is 9.11. The van der Waals surface area contributed by atoms with Gasteiger partial charge in [-0.05, 0) is 0 Å². The third-order valence-electron chi connectivity index (χ3n) is 1.67. The maximum atomic E-state index is 11.4. The van der Waals surface area contributed by atoms with Crippen LogP contribution in [0.4, 0.5) is 0 Å². The van der Waals surface area contributed by atoms with Crippen molar-refractivity contribution >= 4 is 5.97 Å². The number of rotatable bonds is 7. The third-order valence-corrected chi connectivity index (χ3v) is 1.67. The summed E-state index contributed by atoms with van der Waals surface area (Å²) in [6.45, 7) is 3.24. The van der Waals surface area contributed by atoms with Gasteiger partial charge in [0.25, 0.3) is 0 Å². The Morgan fingerprint density at radius 2 is 1.73 bits per heavy atom. The number of esters is 1. The van der Waals surface area contributed by atoms with Gasteiger partial charge in [-0.2, -0.15) is 0 Å². The Labute approximate surface area is 88.4 Å². The molecule has 0 aromatic heterocycles. The molecule has 0 bridgehead atoms. The van der Waals surface area contributed by atoms with E-state index < -0.39 is 12.1 Å². The van der Waals surface area contributed by atoms with Crippen LogP contribution in [0, 0.1) is 0 Å². The van der Waals surface area contributed by atoms with E-state index in [-0.39, 0.29) is 18.6 Å². The lowest BCUT2D eigenvalue weighted by Gasteiger charge is -2.26. The molecule has 0 saturated carbocycles. The predicted molar refractivity (Wildman–Crippen MR) is 50.7 cm³/mol. The summed E-state index contributed by atoms with van der Waals surface area (Å²) < 4.78 is 19.0. The van der Waals surface area contributed by atoms with Gasteiger partial charge in [-0.15, -0.1) is 0 Å². The molecule has 0 rings (SSSR count).